The summed E-state index contributed by atoms with van der Waals surface area (Å²) in [4.78, 5) is 17.0. The maximum absolute atomic E-state index is 12.2. The second-order valence-electron chi connectivity index (χ2n) is 6.62. The number of carbonyl (C=O) groups excluding carboxylic acids is 1. The van der Waals surface area contributed by atoms with Crippen molar-refractivity contribution in [1.29, 1.82) is 0 Å². The van der Waals surface area contributed by atoms with Crippen molar-refractivity contribution in [3.05, 3.63) is 54.0 Å². The van der Waals surface area contributed by atoms with Crippen LogP contribution in [-0.4, -0.2) is 56.7 Å². The first-order chi connectivity index (χ1) is 12.7. The molecule has 0 saturated carbocycles. The summed E-state index contributed by atoms with van der Waals surface area (Å²) in [5, 5.41) is 2.97. The number of piperazine rings is 1. The number of carbonyl (C=O) groups is 1. The van der Waals surface area contributed by atoms with Crippen LogP contribution in [0.5, 0.6) is 0 Å². The molecular formula is C20H27N3O3. The Morgan fingerprint density at radius 2 is 1.88 bits per heavy atom. The van der Waals surface area contributed by atoms with Crippen molar-refractivity contribution < 1.29 is 13.9 Å². The number of nitrogens with zero attached hydrogens (tertiary/aromatic N) is 2. The van der Waals surface area contributed by atoms with Gasteiger partial charge in [0, 0.05) is 51.6 Å². The highest BCUT2D eigenvalue weighted by Gasteiger charge is 2.22. The van der Waals surface area contributed by atoms with E-state index >= 15 is 0 Å². The molecule has 1 fully saturated rings. The summed E-state index contributed by atoms with van der Waals surface area (Å²) in [6, 6.07) is 14.2. The van der Waals surface area contributed by atoms with Crippen molar-refractivity contribution in [2.75, 3.05) is 44.7 Å². The largest absolute Gasteiger partial charge is 0.453 e. The van der Waals surface area contributed by atoms with Crippen LogP contribution in [0.15, 0.2) is 46.9 Å². The number of methoxy groups -OCH3 is 1. The lowest BCUT2D eigenvalue weighted by molar-refractivity contribution is 0.0898. The van der Waals surface area contributed by atoms with Gasteiger partial charge in [0.1, 0.15) is 12.4 Å². The van der Waals surface area contributed by atoms with E-state index in [1.165, 1.54) is 5.69 Å². The molecule has 2 heterocycles. The zero-order chi connectivity index (χ0) is 18.4. The van der Waals surface area contributed by atoms with Crippen LogP contribution in [0.2, 0.25) is 0 Å². The van der Waals surface area contributed by atoms with E-state index in [1.807, 2.05) is 6.07 Å². The first-order valence-corrected chi connectivity index (χ1v) is 9.07. The molecule has 1 atom stereocenters. The topological polar surface area (TPSA) is 58.0 Å². The Morgan fingerprint density at radius 3 is 2.58 bits per heavy atom. The van der Waals surface area contributed by atoms with Crippen LogP contribution in [0.25, 0.3) is 0 Å². The van der Waals surface area contributed by atoms with Gasteiger partial charge in [-0.15, -0.1) is 0 Å². The highest BCUT2D eigenvalue weighted by atomic mass is 16.5. The van der Waals surface area contributed by atoms with Gasteiger partial charge in [0.05, 0.1) is 0 Å². The van der Waals surface area contributed by atoms with E-state index < -0.39 is 0 Å². The van der Waals surface area contributed by atoms with Gasteiger partial charge in [0.15, 0.2) is 5.76 Å². The standard InChI is InChI=1S/C20H27N3O3/c1-16(14-21-20(24)19-9-8-18(26-19)15-25-2)22-10-12-23(13-11-22)17-6-4-3-5-7-17/h3-9,16H,10-15H2,1-2H3,(H,21,24). The molecule has 1 aromatic heterocycles. The number of furan rings is 1. The van der Waals surface area contributed by atoms with Crippen LogP contribution in [0.4, 0.5) is 5.69 Å². The average molecular weight is 357 g/mol. The van der Waals surface area contributed by atoms with Crippen molar-refractivity contribution >= 4 is 11.6 Å². The van der Waals surface area contributed by atoms with Crippen LogP contribution in [0.1, 0.15) is 23.2 Å². The monoisotopic (exact) mass is 357 g/mol. The van der Waals surface area contributed by atoms with Gasteiger partial charge in [-0.1, -0.05) is 18.2 Å². The number of rotatable bonds is 7. The molecule has 1 unspecified atom stereocenters. The quantitative estimate of drug-likeness (QED) is 0.824. The minimum Gasteiger partial charge on any atom is -0.453 e. The zero-order valence-corrected chi connectivity index (χ0v) is 15.5. The molecule has 3 rings (SSSR count). The van der Waals surface area contributed by atoms with E-state index in [9.17, 15) is 4.79 Å². The number of amides is 1. The van der Waals surface area contributed by atoms with Crippen LogP contribution in [-0.2, 0) is 11.3 Å². The first kappa shape index (κ1) is 18.5. The molecule has 26 heavy (non-hydrogen) atoms. The first-order valence-electron chi connectivity index (χ1n) is 9.07. The number of benzene rings is 1. The number of hydrogen-bond donors (Lipinski definition) is 1. The van der Waals surface area contributed by atoms with Gasteiger partial charge in [-0.05, 0) is 31.2 Å². The third-order valence-corrected chi connectivity index (χ3v) is 4.79. The lowest BCUT2D eigenvalue weighted by atomic mass is 10.2. The molecular weight excluding hydrogens is 330 g/mol. The summed E-state index contributed by atoms with van der Waals surface area (Å²) in [5.74, 6) is 0.808. The Hall–Kier alpha value is -2.31. The number of nitrogens with one attached hydrogen (secondary N) is 1. The highest BCUT2D eigenvalue weighted by Crippen LogP contribution is 2.16. The number of hydrogen-bond acceptors (Lipinski definition) is 5. The molecule has 140 valence electrons. The molecule has 1 N–H and O–H groups in total. The van der Waals surface area contributed by atoms with E-state index in [2.05, 4.69) is 46.3 Å². The molecule has 0 radical (unpaired) electrons. The second kappa shape index (κ2) is 8.87. The lowest BCUT2D eigenvalue weighted by Crippen LogP contribution is -2.52. The SMILES string of the molecule is COCc1ccc(C(=O)NCC(C)N2CCN(c3ccccc3)CC2)o1. The summed E-state index contributed by atoms with van der Waals surface area (Å²) < 4.78 is 10.5. The van der Waals surface area contributed by atoms with Crippen LogP contribution >= 0.6 is 0 Å². The predicted octanol–water partition coefficient (Wildman–Crippen LogP) is 2.37. The molecule has 1 saturated heterocycles. The molecule has 0 bridgehead atoms. The lowest BCUT2D eigenvalue weighted by Gasteiger charge is -2.39. The Bertz CT molecular complexity index is 693. The molecule has 6 heteroatoms. The fraction of sp³-hybridized carbons (Fsp3) is 0.450. The number of anilines is 1. The van der Waals surface area contributed by atoms with Gasteiger partial charge in [-0.2, -0.15) is 0 Å². The van der Waals surface area contributed by atoms with Crippen LogP contribution in [0, 0.1) is 0 Å². The summed E-state index contributed by atoms with van der Waals surface area (Å²) in [5.41, 5.74) is 1.28. The summed E-state index contributed by atoms with van der Waals surface area (Å²) in [7, 11) is 1.60. The maximum atomic E-state index is 12.2. The van der Waals surface area contributed by atoms with Gasteiger partial charge in [-0.25, -0.2) is 0 Å². The molecule has 0 aliphatic carbocycles. The maximum Gasteiger partial charge on any atom is 0.287 e. The second-order valence-corrected chi connectivity index (χ2v) is 6.62. The van der Waals surface area contributed by atoms with E-state index in [0.717, 1.165) is 26.2 Å². The Morgan fingerprint density at radius 1 is 1.15 bits per heavy atom. The Labute approximate surface area is 154 Å². The van der Waals surface area contributed by atoms with Crippen molar-refractivity contribution in [1.82, 2.24) is 10.2 Å². The third kappa shape index (κ3) is 4.65. The smallest absolute Gasteiger partial charge is 0.287 e. The summed E-state index contributed by atoms with van der Waals surface area (Å²) in [6.07, 6.45) is 0. The van der Waals surface area contributed by atoms with E-state index in [1.54, 1.807) is 19.2 Å². The zero-order valence-electron chi connectivity index (χ0n) is 15.5. The highest BCUT2D eigenvalue weighted by molar-refractivity contribution is 5.91. The molecule has 1 amide bonds. The van der Waals surface area contributed by atoms with Crippen molar-refractivity contribution in [3.8, 4) is 0 Å². The molecule has 6 nitrogen and oxygen atoms in total. The number of para-hydroxylation sites is 1. The molecule has 1 aliphatic rings. The van der Waals surface area contributed by atoms with Gasteiger partial charge < -0.3 is 19.4 Å². The minimum atomic E-state index is -0.179. The van der Waals surface area contributed by atoms with E-state index in [0.29, 0.717) is 24.7 Å². The Balaban J connectivity index is 1.44. The van der Waals surface area contributed by atoms with Crippen molar-refractivity contribution in [2.45, 2.75) is 19.6 Å². The summed E-state index contributed by atoms with van der Waals surface area (Å²) >= 11 is 0. The Kier molecular flexibility index (Phi) is 6.30. The fourth-order valence-electron chi connectivity index (χ4n) is 3.24. The van der Waals surface area contributed by atoms with Gasteiger partial charge >= 0.3 is 0 Å². The van der Waals surface area contributed by atoms with Gasteiger partial charge in [0.2, 0.25) is 0 Å². The summed E-state index contributed by atoms with van der Waals surface area (Å²) in [6.45, 7) is 7.11. The normalized spacial score (nSPS) is 16.5. The number of ether oxygens (including phenoxy) is 1. The molecule has 1 aromatic carbocycles. The van der Waals surface area contributed by atoms with Gasteiger partial charge in [0.25, 0.3) is 5.91 Å². The van der Waals surface area contributed by atoms with E-state index in [4.69, 9.17) is 9.15 Å². The van der Waals surface area contributed by atoms with Crippen molar-refractivity contribution in [3.63, 3.8) is 0 Å². The van der Waals surface area contributed by atoms with E-state index in [-0.39, 0.29) is 11.9 Å². The molecule has 0 spiro atoms. The van der Waals surface area contributed by atoms with Crippen LogP contribution < -0.4 is 10.2 Å². The predicted molar refractivity (Wildman–Crippen MR) is 101 cm³/mol. The van der Waals surface area contributed by atoms with Gasteiger partial charge in [-0.3, -0.25) is 9.69 Å². The minimum absolute atomic E-state index is 0.179. The average Bonchev–Trinajstić information content (AvgIpc) is 3.16. The molecule has 2 aromatic rings. The fourth-order valence-corrected chi connectivity index (χ4v) is 3.24. The molecule has 1 aliphatic heterocycles. The third-order valence-electron chi connectivity index (χ3n) is 4.79. The van der Waals surface area contributed by atoms with Crippen molar-refractivity contribution in [2.24, 2.45) is 0 Å². The van der Waals surface area contributed by atoms with Crippen LogP contribution in [0.3, 0.4) is 0 Å².